The number of unbranched alkanes of at least 4 members (excludes halogenated alkanes) is 1. The number of carboxylic acids is 1. The number of nitrogen functional groups attached to an aromatic ring is 1. The number of hydrogen-bond acceptors (Lipinski definition) is 2. The Hall–Kier alpha value is -0.900. The van der Waals surface area contributed by atoms with Crippen LogP contribution in [0.5, 0.6) is 0 Å². The van der Waals surface area contributed by atoms with E-state index >= 15 is 0 Å². The first kappa shape index (κ1) is 16.2. The molecule has 0 fully saturated rings. The second kappa shape index (κ2) is 7.04. The van der Waals surface area contributed by atoms with Gasteiger partial charge in [-0.15, -0.1) is 0 Å². The number of carboxylic acid groups (broad SMARTS) is 1. The van der Waals surface area contributed by atoms with Crippen LogP contribution in [0.4, 0.5) is 5.69 Å². The van der Waals surface area contributed by atoms with Crippen molar-refractivity contribution in [3.05, 3.63) is 32.8 Å². The third kappa shape index (κ3) is 4.03. The molecule has 0 aliphatic rings. The molecule has 0 amide bonds. The minimum Gasteiger partial charge on any atom is -0.478 e. The third-order valence-electron chi connectivity index (χ3n) is 2.62. The maximum absolute atomic E-state index is 10.9. The van der Waals surface area contributed by atoms with Crippen molar-refractivity contribution in [1.29, 1.82) is 0 Å². The summed E-state index contributed by atoms with van der Waals surface area (Å²) in [5.74, 6) is -1.05. The van der Waals surface area contributed by atoms with Crippen LogP contribution in [0.25, 0.3) is 5.57 Å². The van der Waals surface area contributed by atoms with Crippen molar-refractivity contribution in [2.45, 2.75) is 26.2 Å². The Morgan fingerprint density at radius 2 is 2.00 bits per heavy atom. The molecule has 19 heavy (non-hydrogen) atoms. The molecule has 0 saturated heterocycles. The lowest BCUT2D eigenvalue weighted by Crippen LogP contribution is -1.98. The van der Waals surface area contributed by atoms with E-state index in [-0.39, 0.29) is 15.7 Å². The molecule has 0 unspecified atom stereocenters. The van der Waals surface area contributed by atoms with E-state index in [4.69, 9.17) is 45.6 Å². The molecule has 3 nitrogen and oxygen atoms in total. The molecule has 6 heteroatoms. The summed E-state index contributed by atoms with van der Waals surface area (Å²) in [4.78, 5) is 10.9. The Labute approximate surface area is 127 Å². The van der Waals surface area contributed by atoms with E-state index in [0.717, 1.165) is 18.9 Å². The molecule has 1 rings (SSSR count). The predicted octanol–water partition coefficient (Wildman–Crippen LogP) is 4.89. The molecule has 0 bridgehead atoms. The quantitative estimate of drug-likeness (QED) is 0.599. The zero-order valence-electron chi connectivity index (χ0n) is 10.3. The zero-order chi connectivity index (χ0) is 14.6. The number of hydrogen-bond donors (Lipinski definition) is 2. The first-order valence-electron chi connectivity index (χ1n) is 5.75. The largest absolute Gasteiger partial charge is 0.478 e. The van der Waals surface area contributed by atoms with Gasteiger partial charge in [0.2, 0.25) is 0 Å². The molecule has 3 N–H and O–H groups in total. The Balaban J connectivity index is 3.38. The van der Waals surface area contributed by atoms with Crippen molar-refractivity contribution in [3.8, 4) is 0 Å². The van der Waals surface area contributed by atoms with E-state index in [1.165, 1.54) is 6.07 Å². The highest BCUT2D eigenvalue weighted by molar-refractivity contribution is 6.43. The number of anilines is 1. The highest BCUT2D eigenvalue weighted by atomic mass is 35.5. The summed E-state index contributed by atoms with van der Waals surface area (Å²) < 4.78 is 0. The van der Waals surface area contributed by atoms with Crippen molar-refractivity contribution in [2.24, 2.45) is 0 Å². The molecule has 0 radical (unpaired) electrons. The molecule has 0 atom stereocenters. The molecule has 0 aliphatic carbocycles. The Kier molecular flexibility index (Phi) is 5.98. The Morgan fingerprint density at radius 3 is 2.53 bits per heavy atom. The van der Waals surface area contributed by atoms with Gasteiger partial charge in [0.1, 0.15) is 0 Å². The second-order valence-electron chi connectivity index (χ2n) is 4.05. The van der Waals surface area contributed by atoms with Crippen LogP contribution in [0.15, 0.2) is 12.1 Å². The maximum Gasteiger partial charge on any atom is 0.328 e. The zero-order valence-corrected chi connectivity index (χ0v) is 12.6. The summed E-state index contributed by atoms with van der Waals surface area (Å²) in [6.07, 6.45) is 3.42. The highest BCUT2D eigenvalue weighted by Gasteiger charge is 2.17. The normalized spacial score (nSPS) is 11.7. The number of rotatable bonds is 5. The van der Waals surface area contributed by atoms with Crippen LogP contribution in [-0.2, 0) is 4.79 Å². The molecule has 1 aromatic carbocycles. The molecule has 0 spiro atoms. The number of halogens is 3. The number of benzene rings is 1. The van der Waals surface area contributed by atoms with Crippen LogP contribution < -0.4 is 5.73 Å². The maximum atomic E-state index is 10.9. The smallest absolute Gasteiger partial charge is 0.328 e. The van der Waals surface area contributed by atoms with E-state index in [1.54, 1.807) is 0 Å². The summed E-state index contributed by atoms with van der Waals surface area (Å²) in [5, 5.41) is 9.68. The van der Waals surface area contributed by atoms with Crippen LogP contribution in [0, 0.1) is 0 Å². The van der Waals surface area contributed by atoms with Gasteiger partial charge in [-0.3, -0.25) is 0 Å². The minimum atomic E-state index is -1.05. The monoisotopic (exact) mass is 321 g/mol. The van der Waals surface area contributed by atoms with Gasteiger partial charge in [-0.1, -0.05) is 48.1 Å². The third-order valence-corrected chi connectivity index (χ3v) is 3.63. The lowest BCUT2D eigenvalue weighted by molar-refractivity contribution is -0.131. The summed E-state index contributed by atoms with van der Waals surface area (Å²) in [7, 11) is 0. The fourth-order valence-corrected chi connectivity index (χ4v) is 2.69. The van der Waals surface area contributed by atoms with Crippen LogP contribution in [0.1, 0.15) is 31.7 Å². The predicted molar refractivity (Wildman–Crippen MR) is 81.0 cm³/mol. The van der Waals surface area contributed by atoms with Crippen molar-refractivity contribution in [2.75, 3.05) is 5.73 Å². The molecule has 0 heterocycles. The lowest BCUT2D eigenvalue weighted by atomic mass is 9.99. The fourth-order valence-electron chi connectivity index (χ4n) is 1.69. The van der Waals surface area contributed by atoms with Gasteiger partial charge in [0.15, 0.2) is 0 Å². The summed E-state index contributed by atoms with van der Waals surface area (Å²) in [5.41, 5.74) is 6.95. The van der Waals surface area contributed by atoms with Crippen molar-refractivity contribution < 1.29 is 9.90 Å². The summed E-state index contributed by atoms with van der Waals surface area (Å²) in [6.45, 7) is 2.01. The lowest BCUT2D eigenvalue weighted by Gasteiger charge is -2.14. The number of carbonyl (C=O) groups is 1. The van der Waals surface area contributed by atoms with Gasteiger partial charge in [-0.2, -0.15) is 0 Å². The highest BCUT2D eigenvalue weighted by Crippen LogP contribution is 2.41. The van der Waals surface area contributed by atoms with Crippen LogP contribution >= 0.6 is 34.8 Å². The average molecular weight is 323 g/mol. The SMILES string of the molecule is CCCCC(=CC(=O)O)c1c(Cl)cc(Cl)c(N)c1Cl. The van der Waals surface area contributed by atoms with Crippen LogP contribution in [0.3, 0.4) is 0 Å². The average Bonchev–Trinajstić information content (AvgIpc) is 2.32. The number of aliphatic carboxylic acids is 1. The Bertz CT molecular complexity index is 527. The van der Waals surface area contributed by atoms with Crippen molar-refractivity contribution >= 4 is 52.0 Å². The number of nitrogens with two attached hydrogens (primary N) is 1. The van der Waals surface area contributed by atoms with Gasteiger partial charge in [0, 0.05) is 11.6 Å². The second-order valence-corrected chi connectivity index (χ2v) is 5.25. The van der Waals surface area contributed by atoms with E-state index in [1.807, 2.05) is 6.92 Å². The minimum absolute atomic E-state index is 0.195. The van der Waals surface area contributed by atoms with E-state index < -0.39 is 5.97 Å². The first-order valence-corrected chi connectivity index (χ1v) is 6.88. The summed E-state index contributed by atoms with van der Waals surface area (Å²) >= 11 is 18.1. The molecule has 1 aromatic rings. The summed E-state index contributed by atoms with van der Waals surface area (Å²) in [6, 6.07) is 1.47. The molecular weight excluding hydrogens is 309 g/mol. The molecule has 104 valence electrons. The van der Waals surface area contributed by atoms with Crippen molar-refractivity contribution in [1.82, 2.24) is 0 Å². The van der Waals surface area contributed by atoms with Crippen LogP contribution in [0.2, 0.25) is 15.1 Å². The van der Waals surface area contributed by atoms with Gasteiger partial charge in [-0.25, -0.2) is 4.79 Å². The van der Waals surface area contributed by atoms with Gasteiger partial charge >= 0.3 is 5.97 Å². The van der Waals surface area contributed by atoms with Gasteiger partial charge < -0.3 is 10.8 Å². The van der Waals surface area contributed by atoms with Gasteiger partial charge in [-0.05, 0) is 24.5 Å². The molecule has 0 aromatic heterocycles. The van der Waals surface area contributed by atoms with Crippen molar-refractivity contribution in [3.63, 3.8) is 0 Å². The topological polar surface area (TPSA) is 63.3 Å². The van der Waals surface area contributed by atoms with Gasteiger partial charge in [0.25, 0.3) is 0 Å². The van der Waals surface area contributed by atoms with E-state index in [0.29, 0.717) is 22.6 Å². The fraction of sp³-hybridized carbons (Fsp3) is 0.308. The van der Waals surface area contributed by atoms with E-state index in [2.05, 4.69) is 0 Å². The van der Waals surface area contributed by atoms with Crippen LogP contribution in [-0.4, -0.2) is 11.1 Å². The van der Waals surface area contributed by atoms with E-state index in [9.17, 15) is 4.79 Å². The molecular formula is C13H14Cl3NO2. The Morgan fingerprint density at radius 1 is 1.37 bits per heavy atom. The first-order chi connectivity index (χ1) is 8.88. The van der Waals surface area contributed by atoms with Gasteiger partial charge in [0.05, 0.1) is 20.8 Å². The number of allylic oxidation sites excluding steroid dienone is 1. The molecule has 0 aliphatic heterocycles. The molecule has 0 saturated carbocycles. The standard InChI is InChI=1S/C13H14Cl3NO2/c1-2-3-4-7(5-10(18)19)11-8(14)6-9(15)13(17)12(11)16/h5-6H,2-4,17H2,1H3,(H,18,19).